The molecule has 2 heterocycles. The smallest absolute Gasteiger partial charge is 0.337 e. The van der Waals surface area contributed by atoms with Crippen molar-refractivity contribution in [3.8, 4) is 0 Å². The van der Waals surface area contributed by atoms with Crippen LogP contribution >= 0.6 is 0 Å². The van der Waals surface area contributed by atoms with E-state index in [9.17, 15) is 18.0 Å². The first kappa shape index (κ1) is 15.0. The van der Waals surface area contributed by atoms with Gasteiger partial charge in [0.25, 0.3) is 15.9 Å². The molecule has 1 amide bonds. The van der Waals surface area contributed by atoms with Gasteiger partial charge in [-0.2, -0.15) is 0 Å². The van der Waals surface area contributed by atoms with E-state index in [2.05, 4.69) is 4.74 Å². The second kappa shape index (κ2) is 5.36. The van der Waals surface area contributed by atoms with Crippen LogP contribution in [0.25, 0.3) is 0 Å². The normalized spacial score (nSPS) is 22.7. The Morgan fingerprint density at radius 1 is 1.45 bits per heavy atom. The Morgan fingerprint density at radius 2 is 2.23 bits per heavy atom. The zero-order valence-corrected chi connectivity index (χ0v) is 12.8. The molecule has 8 heteroatoms. The lowest BCUT2D eigenvalue weighted by atomic mass is 10.1. The van der Waals surface area contributed by atoms with E-state index in [4.69, 9.17) is 4.74 Å². The number of benzene rings is 1. The highest BCUT2D eigenvalue weighted by Gasteiger charge is 2.43. The average molecular weight is 325 g/mol. The topological polar surface area (TPSA) is 90.0 Å². The van der Waals surface area contributed by atoms with Crippen LogP contribution in [0.4, 0.5) is 0 Å². The van der Waals surface area contributed by atoms with Crippen LogP contribution in [0.3, 0.4) is 0 Å². The first-order valence-electron chi connectivity index (χ1n) is 6.86. The predicted octanol–water partition coefficient (Wildman–Crippen LogP) is 0.797. The van der Waals surface area contributed by atoms with Crippen LogP contribution in [-0.4, -0.2) is 51.0 Å². The van der Waals surface area contributed by atoms with Crippen molar-refractivity contribution in [2.24, 2.45) is 0 Å². The second-order valence-electron chi connectivity index (χ2n) is 5.18. The van der Waals surface area contributed by atoms with E-state index in [1.54, 1.807) is 0 Å². The van der Waals surface area contributed by atoms with Gasteiger partial charge in [-0.3, -0.25) is 4.79 Å². The molecule has 0 radical (unpaired) electrons. The molecule has 7 nitrogen and oxygen atoms in total. The van der Waals surface area contributed by atoms with Crippen LogP contribution in [0.5, 0.6) is 0 Å². The fraction of sp³-hybridized carbons (Fsp3) is 0.429. The summed E-state index contributed by atoms with van der Waals surface area (Å²) in [4.78, 5) is 23.7. The number of amides is 1. The van der Waals surface area contributed by atoms with E-state index in [1.165, 1.54) is 25.3 Å². The van der Waals surface area contributed by atoms with Gasteiger partial charge in [0, 0.05) is 6.61 Å². The Bertz CT molecular complexity index is 736. The van der Waals surface area contributed by atoms with E-state index in [1.807, 2.05) is 0 Å². The van der Waals surface area contributed by atoms with Crippen LogP contribution in [0, 0.1) is 0 Å². The lowest BCUT2D eigenvalue weighted by molar-refractivity contribution is 0.0599. The SMILES string of the molecule is COC(=O)c1ccc2c(c1)S(=O)(=O)N(CC1CCCO1)C2=O. The third kappa shape index (κ3) is 2.28. The van der Waals surface area contributed by atoms with E-state index in [0.717, 1.165) is 17.1 Å². The summed E-state index contributed by atoms with van der Waals surface area (Å²) >= 11 is 0. The molecule has 0 saturated carbocycles. The number of nitrogens with zero attached hydrogens (tertiary/aromatic N) is 1. The van der Waals surface area contributed by atoms with Gasteiger partial charge in [-0.1, -0.05) is 0 Å². The van der Waals surface area contributed by atoms with Gasteiger partial charge in [0.15, 0.2) is 0 Å². The number of carbonyl (C=O) groups excluding carboxylic acids is 2. The summed E-state index contributed by atoms with van der Waals surface area (Å²) in [7, 11) is -2.74. The Balaban J connectivity index is 1.97. The Labute approximate surface area is 127 Å². The molecular formula is C14H15NO6S. The molecule has 1 unspecified atom stereocenters. The Hall–Kier alpha value is -1.93. The first-order chi connectivity index (χ1) is 10.4. The van der Waals surface area contributed by atoms with Crippen molar-refractivity contribution in [3.05, 3.63) is 29.3 Å². The molecule has 1 fully saturated rings. The maximum Gasteiger partial charge on any atom is 0.337 e. The van der Waals surface area contributed by atoms with Crippen molar-refractivity contribution in [2.45, 2.75) is 23.8 Å². The van der Waals surface area contributed by atoms with Crippen molar-refractivity contribution < 1.29 is 27.5 Å². The molecule has 1 aromatic carbocycles. The van der Waals surface area contributed by atoms with Crippen molar-refractivity contribution >= 4 is 21.9 Å². The molecular weight excluding hydrogens is 310 g/mol. The minimum atomic E-state index is -3.95. The fourth-order valence-electron chi connectivity index (χ4n) is 2.67. The third-order valence-corrected chi connectivity index (χ3v) is 5.61. The number of sulfonamides is 1. The standard InChI is InChI=1S/C14H15NO6S/c1-20-14(17)9-4-5-11-12(7-9)22(18,19)15(13(11)16)8-10-3-2-6-21-10/h4-5,7,10H,2-3,6,8H2,1H3. The van der Waals surface area contributed by atoms with Crippen LogP contribution in [-0.2, 0) is 19.5 Å². The second-order valence-corrected chi connectivity index (χ2v) is 7.01. The summed E-state index contributed by atoms with van der Waals surface area (Å²) in [6.07, 6.45) is 1.31. The van der Waals surface area contributed by atoms with Gasteiger partial charge in [0.1, 0.15) is 4.90 Å². The van der Waals surface area contributed by atoms with Crippen molar-refractivity contribution in [3.63, 3.8) is 0 Å². The van der Waals surface area contributed by atoms with Crippen molar-refractivity contribution in [1.82, 2.24) is 4.31 Å². The number of methoxy groups -OCH3 is 1. The number of hydrogen-bond acceptors (Lipinski definition) is 6. The molecule has 0 aliphatic carbocycles. The molecule has 3 rings (SSSR count). The van der Waals surface area contributed by atoms with Crippen molar-refractivity contribution in [1.29, 1.82) is 0 Å². The maximum absolute atomic E-state index is 12.5. The van der Waals surface area contributed by atoms with Crippen LogP contribution in [0.1, 0.15) is 33.6 Å². The molecule has 1 atom stereocenters. The summed E-state index contributed by atoms with van der Waals surface area (Å²) in [5.74, 6) is -1.23. The number of carbonyl (C=O) groups is 2. The van der Waals surface area contributed by atoms with Gasteiger partial charge < -0.3 is 9.47 Å². The Kier molecular flexibility index (Phi) is 3.65. The molecule has 1 saturated heterocycles. The van der Waals surface area contributed by atoms with Gasteiger partial charge in [0.2, 0.25) is 0 Å². The summed E-state index contributed by atoms with van der Waals surface area (Å²) in [6.45, 7) is 0.579. The van der Waals surface area contributed by atoms with Gasteiger partial charge in [-0.15, -0.1) is 0 Å². The minimum absolute atomic E-state index is 0.00338. The highest BCUT2D eigenvalue weighted by atomic mass is 32.2. The monoisotopic (exact) mass is 325 g/mol. The largest absolute Gasteiger partial charge is 0.465 e. The zero-order chi connectivity index (χ0) is 15.9. The minimum Gasteiger partial charge on any atom is -0.465 e. The summed E-state index contributed by atoms with van der Waals surface area (Å²) in [5.41, 5.74) is 0.169. The zero-order valence-electron chi connectivity index (χ0n) is 11.9. The molecule has 0 spiro atoms. The molecule has 118 valence electrons. The van der Waals surface area contributed by atoms with Gasteiger partial charge in [-0.05, 0) is 31.0 Å². The number of esters is 1. The molecule has 2 aliphatic rings. The van der Waals surface area contributed by atoms with Crippen LogP contribution in [0.15, 0.2) is 23.1 Å². The third-order valence-electron chi connectivity index (χ3n) is 3.82. The maximum atomic E-state index is 12.5. The summed E-state index contributed by atoms with van der Waals surface area (Å²) in [5, 5.41) is 0. The highest BCUT2D eigenvalue weighted by molar-refractivity contribution is 7.90. The van der Waals surface area contributed by atoms with Gasteiger partial charge >= 0.3 is 5.97 Å². The molecule has 0 bridgehead atoms. The van der Waals surface area contributed by atoms with Crippen molar-refractivity contribution in [2.75, 3.05) is 20.3 Å². The average Bonchev–Trinajstić information content (AvgIpc) is 3.08. The Morgan fingerprint density at radius 3 is 2.86 bits per heavy atom. The molecule has 0 N–H and O–H groups in total. The van der Waals surface area contributed by atoms with Gasteiger partial charge in [0.05, 0.1) is 30.9 Å². The van der Waals surface area contributed by atoms with E-state index >= 15 is 0 Å². The number of ether oxygens (including phenoxy) is 2. The van der Waals surface area contributed by atoms with Crippen LogP contribution < -0.4 is 0 Å². The quantitative estimate of drug-likeness (QED) is 0.764. The molecule has 0 aromatic heterocycles. The number of rotatable bonds is 3. The molecule has 1 aromatic rings. The summed E-state index contributed by atoms with van der Waals surface area (Å²) < 4.78 is 35.9. The number of hydrogen-bond donors (Lipinski definition) is 0. The lowest BCUT2D eigenvalue weighted by Crippen LogP contribution is -2.36. The van der Waals surface area contributed by atoms with E-state index in [0.29, 0.717) is 6.61 Å². The molecule has 22 heavy (non-hydrogen) atoms. The lowest BCUT2D eigenvalue weighted by Gasteiger charge is -2.18. The van der Waals surface area contributed by atoms with E-state index in [-0.39, 0.29) is 28.7 Å². The first-order valence-corrected chi connectivity index (χ1v) is 8.30. The molecule has 2 aliphatic heterocycles. The van der Waals surface area contributed by atoms with Gasteiger partial charge in [-0.25, -0.2) is 17.5 Å². The van der Waals surface area contributed by atoms with E-state index < -0.39 is 21.9 Å². The predicted molar refractivity (Wildman–Crippen MR) is 75.0 cm³/mol. The number of fused-ring (bicyclic) bond motifs is 1. The fourth-order valence-corrected chi connectivity index (χ4v) is 4.30. The highest BCUT2D eigenvalue weighted by Crippen LogP contribution is 2.32. The summed E-state index contributed by atoms with van der Waals surface area (Å²) in [6, 6.07) is 3.91. The van der Waals surface area contributed by atoms with Crippen LogP contribution in [0.2, 0.25) is 0 Å².